The van der Waals surface area contributed by atoms with Gasteiger partial charge in [-0.05, 0) is 17.7 Å². The minimum absolute atomic E-state index is 0.0776. The fraction of sp³-hybridized carbons (Fsp3) is 0.333. The fourth-order valence-electron chi connectivity index (χ4n) is 1.08. The molecular formula is C9H12FNO3. The molecule has 0 saturated heterocycles. The van der Waals surface area contributed by atoms with Crippen LogP contribution >= 0.6 is 0 Å². The average molecular weight is 201 g/mol. The lowest BCUT2D eigenvalue weighted by molar-refractivity contribution is 0.0357. The van der Waals surface area contributed by atoms with Crippen LogP contribution in [0.15, 0.2) is 18.2 Å². The van der Waals surface area contributed by atoms with Gasteiger partial charge in [-0.25, -0.2) is 10.3 Å². The van der Waals surface area contributed by atoms with Crippen LogP contribution in [0.3, 0.4) is 0 Å². The standard InChI is InChI=1S/C9H12FNO3/c1-13-9-3-2-6(4-7(9)10)8(12)5-14-11/h2-4,8,12H,5,11H2,1H3. The normalized spacial score (nSPS) is 12.6. The highest BCUT2D eigenvalue weighted by molar-refractivity contribution is 5.30. The second-order valence-electron chi connectivity index (χ2n) is 2.74. The summed E-state index contributed by atoms with van der Waals surface area (Å²) in [4.78, 5) is 4.25. The Kier molecular flexibility index (Phi) is 3.82. The van der Waals surface area contributed by atoms with Gasteiger partial charge in [-0.3, -0.25) is 0 Å². The molecule has 0 aliphatic rings. The molecule has 0 aliphatic heterocycles. The van der Waals surface area contributed by atoms with Crippen molar-refractivity contribution in [2.75, 3.05) is 13.7 Å². The van der Waals surface area contributed by atoms with E-state index < -0.39 is 11.9 Å². The van der Waals surface area contributed by atoms with Gasteiger partial charge in [-0.2, -0.15) is 0 Å². The van der Waals surface area contributed by atoms with Crippen molar-refractivity contribution in [1.29, 1.82) is 0 Å². The Morgan fingerprint density at radius 3 is 2.79 bits per heavy atom. The molecule has 0 fully saturated rings. The third-order valence-electron chi connectivity index (χ3n) is 1.81. The van der Waals surface area contributed by atoms with Crippen LogP contribution in [0.25, 0.3) is 0 Å². The Morgan fingerprint density at radius 1 is 1.57 bits per heavy atom. The number of halogens is 1. The minimum Gasteiger partial charge on any atom is -0.494 e. The van der Waals surface area contributed by atoms with Gasteiger partial charge in [0.1, 0.15) is 6.10 Å². The molecule has 1 rings (SSSR count). The summed E-state index contributed by atoms with van der Waals surface area (Å²) in [5, 5.41) is 9.40. The third kappa shape index (κ3) is 2.41. The summed E-state index contributed by atoms with van der Waals surface area (Å²) in [6.07, 6.45) is -0.930. The Hall–Kier alpha value is -1.17. The summed E-state index contributed by atoms with van der Waals surface area (Å²) in [5.74, 6) is 4.39. The smallest absolute Gasteiger partial charge is 0.165 e. The molecule has 0 heterocycles. The number of ether oxygens (including phenoxy) is 1. The van der Waals surface area contributed by atoms with E-state index in [9.17, 15) is 9.50 Å². The van der Waals surface area contributed by atoms with Gasteiger partial charge in [0.05, 0.1) is 13.7 Å². The SMILES string of the molecule is COc1ccc(C(O)CON)cc1F. The predicted molar refractivity (Wildman–Crippen MR) is 48.1 cm³/mol. The van der Waals surface area contributed by atoms with E-state index in [0.29, 0.717) is 5.56 Å². The number of aliphatic hydroxyl groups is 1. The van der Waals surface area contributed by atoms with Crippen molar-refractivity contribution in [3.8, 4) is 5.75 Å². The molecule has 1 unspecified atom stereocenters. The molecule has 0 aromatic heterocycles. The average Bonchev–Trinajstić information content (AvgIpc) is 2.18. The molecule has 0 saturated carbocycles. The molecule has 0 amide bonds. The van der Waals surface area contributed by atoms with Crippen LogP contribution in [0.5, 0.6) is 5.75 Å². The molecule has 0 spiro atoms. The second kappa shape index (κ2) is 4.90. The van der Waals surface area contributed by atoms with Gasteiger partial charge < -0.3 is 14.7 Å². The molecule has 1 aromatic carbocycles. The summed E-state index contributed by atoms with van der Waals surface area (Å²) >= 11 is 0. The summed E-state index contributed by atoms with van der Waals surface area (Å²) in [7, 11) is 1.37. The van der Waals surface area contributed by atoms with E-state index in [2.05, 4.69) is 4.84 Å². The Bertz CT molecular complexity index is 306. The monoisotopic (exact) mass is 201 g/mol. The molecule has 4 nitrogen and oxygen atoms in total. The molecule has 1 atom stereocenters. The molecular weight excluding hydrogens is 189 g/mol. The maximum atomic E-state index is 13.1. The van der Waals surface area contributed by atoms with E-state index >= 15 is 0 Å². The largest absolute Gasteiger partial charge is 0.494 e. The number of nitrogens with two attached hydrogens (primary N) is 1. The van der Waals surface area contributed by atoms with Gasteiger partial charge in [0.2, 0.25) is 0 Å². The van der Waals surface area contributed by atoms with Gasteiger partial charge in [0.25, 0.3) is 0 Å². The van der Waals surface area contributed by atoms with Crippen molar-refractivity contribution >= 4 is 0 Å². The summed E-state index contributed by atoms with van der Waals surface area (Å²) in [6, 6.07) is 4.17. The Morgan fingerprint density at radius 2 is 2.29 bits per heavy atom. The lowest BCUT2D eigenvalue weighted by atomic mass is 10.1. The van der Waals surface area contributed by atoms with E-state index in [1.807, 2.05) is 0 Å². The Balaban J connectivity index is 2.85. The highest BCUT2D eigenvalue weighted by Gasteiger charge is 2.10. The predicted octanol–water partition coefficient (Wildman–Crippen LogP) is 0.758. The van der Waals surface area contributed by atoms with E-state index in [4.69, 9.17) is 10.6 Å². The Labute approximate surface area is 81.0 Å². The maximum Gasteiger partial charge on any atom is 0.165 e. The van der Waals surface area contributed by atoms with E-state index in [1.54, 1.807) is 6.07 Å². The number of methoxy groups -OCH3 is 1. The van der Waals surface area contributed by atoms with Crippen molar-refractivity contribution in [2.45, 2.75) is 6.10 Å². The van der Waals surface area contributed by atoms with Gasteiger partial charge in [-0.15, -0.1) is 0 Å². The van der Waals surface area contributed by atoms with E-state index in [1.165, 1.54) is 19.2 Å². The molecule has 0 bridgehead atoms. The molecule has 1 aromatic rings. The van der Waals surface area contributed by atoms with E-state index in [0.717, 1.165) is 0 Å². The van der Waals surface area contributed by atoms with Gasteiger partial charge in [-0.1, -0.05) is 6.07 Å². The minimum atomic E-state index is -0.930. The first-order valence-electron chi connectivity index (χ1n) is 4.02. The first-order valence-corrected chi connectivity index (χ1v) is 4.02. The fourth-order valence-corrected chi connectivity index (χ4v) is 1.08. The number of benzene rings is 1. The zero-order valence-corrected chi connectivity index (χ0v) is 7.74. The third-order valence-corrected chi connectivity index (χ3v) is 1.81. The van der Waals surface area contributed by atoms with Crippen LogP contribution in [0, 0.1) is 5.82 Å². The van der Waals surface area contributed by atoms with Crippen molar-refractivity contribution in [3.05, 3.63) is 29.6 Å². The van der Waals surface area contributed by atoms with Gasteiger partial charge >= 0.3 is 0 Å². The van der Waals surface area contributed by atoms with Crippen molar-refractivity contribution in [3.63, 3.8) is 0 Å². The van der Waals surface area contributed by atoms with Crippen LogP contribution < -0.4 is 10.6 Å². The first kappa shape index (κ1) is 10.9. The number of hydrogen-bond donors (Lipinski definition) is 2. The highest BCUT2D eigenvalue weighted by atomic mass is 19.1. The first-order chi connectivity index (χ1) is 6.69. The van der Waals surface area contributed by atoms with Crippen molar-refractivity contribution < 1.29 is 19.1 Å². The van der Waals surface area contributed by atoms with Crippen molar-refractivity contribution in [1.82, 2.24) is 0 Å². The molecule has 14 heavy (non-hydrogen) atoms. The van der Waals surface area contributed by atoms with Gasteiger partial charge in [0.15, 0.2) is 11.6 Å². The van der Waals surface area contributed by atoms with Crippen molar-refractivity contribution in [2.24, 2.45) is 5.90 Å². The van der Waals surface area contributed by atoms with E-state index in [-0.39, 0.29) is 12.4 Å². The second-order valence-corrected chi connectivity index (χ2v) is 2.74. The molecule has 0 aliphatic carbocycles. The van der Waals surface area contributed by atoms with Crippen LogP contribution in [-0.2, 0) is 4.84 Å². The zero-order valence-electron chi connectivity index (χ0n) is 7.74. The van der Waals surface area contributed by atoms with Crippen LogP contribution in [0.2, 0.25) is 0 Å². The summed E-state index contributed by atoms with van der Waals surface area (Å²) in [6.45, 7) is -0.0776. The van der Waals surface area contributed by atoms with Crippen LogP contribution in [0.4, 0.5) is 4.39 Å². The highest BCUT2D eigenvalue weighted by Crippen LogP contribution is 2.21. The molecule has 0 radical (unpaired) electrons. The van der Waals surface area contributed by atoms with Gasteiger partial charge in [0, 0.05) is 0 Å². The zero-order chi connectivity index (χ0) is 10.6. The maximum absolute atomic E-state index is 13.1. The quantitative estimate of drug-likeness (QED) is 0.706. The molecule has 3 N–H and O–H groups in total. The molecule has 5 heteroatoms. The molecule has 78 valence electrons. The van der Waals surface area contributed by atoms with Crippen LogP contribution in [0.1, 0.15) is 11.7 Å². The van der Waals surface area contributed by atoms with Crippen LogP contribution in [-0.4, -0.2) is 18.8 Å². The number of hydrogen-bond acceptors (Lipinski definition) is 4. The lowest BCUT2D eigenvalue weighted by Crippen LogP contribution is -2.11. The summed E-state index contributed by atoms with van der Waals surface area (Å²) < 4.78 is 17.9. The number of rotatable bonds is 4. The summed E-state index contributed by atoms with van der Waals surface area (Å²) in [5.41, 5.74) is 0.397. The number of aliphatic hydroxyl groups excluding tert-OH is 1. The lowest BCUT2D eigenvalue weighted by Gasteiger charge is -2.10. The topological polar surface area (TPSA) is 64.7 Å².